The van der Waals surface area contributed by atoms with Crippen molar-refractivity contribution in [2.75, 3.05) is 7.05 Å². The van der Waals surface area contributed by atoms with Crippen LogP contribution in [0.25, 0.3) is 0 Å². The molecule has 0 unspecified atom stereocenters. The van der Waals surface area contributed by atoms with Gasteiger partial charge in [-0.3, -0.25) is 10.1 Å². The lowest BCUT2D eigenvalue weighted by Crippen LogP contribution is -2.25. The van der Waals surface area contributed by atoms with Crippen molar-refractivity contribution in [2.45, 2.75) is 18.4 Å². The van der Waals surface area contributed by atoms with Crippen LogP contribution in [0.2, 0.25) is 5.02 Å². The van der Waals surface area contributed by atoms with Gasteiger partial charge in [-0.1, -0.05) is 11.6 Å². The second-order valence-electron chi connectivity index (χ2n) is 3.75. The predicted octanol–water partition coefficient (Wildman–Crippen LogP) is 2.46. The van der Waals surface area contributed by atoms with Gasteiger partial charge < -0.3 is 5.32 Å². The molecule has 80 valence electrons. The monoisotopic (exact) mass is 226 g/mol. The summed E-state index contributed by atoms with van der Waals surface area (Å²) < 4.78 is 0. The Kier molecular flexibility index (Phi) is 2.40. The van der Waals surface area contributed by atoms with E-state index in [2.05, 4.69) is 5.32 Å². The van der Waals surface area contributed by atoms with E-state index in [9.17, 15) is 10.1 Å². The summed E-state index contributed by atoms with van der Waals surface area (Å²) in [5, 5.41) is 14.5. The van der Waals surface area contributed by atoms with E-state index in [0.29, 0.717) is 10.6 Å². The average Bonchev–Trinajstić information content (AvgIpc) is 2.97. The SMILES string of the molecule is CNC1(c2cc(Cl)ccc2[N+](=O)[O-])CC1. The Bertz CT molecular complexity index is 416. The van der Waals surface area contributed by atoms with Crippen LogP contribution in [0.3, 0.4) is 0 Å². The summed E-state index contributed by atoms with van der Waals surface area (Å²) in [4.78, 5) is 10.5. The van der Waals surface area contributed by atoms with Crippen molar-refractivity contribution in [3.05, 3.63) is 38.9 Å². The van der Waals surface area contributed by atoms with Crippen LogP contribution in [0.5, 0.6) is 0 Å². The van der Waals surface area contributed by atoms with E-state index in [1.54, 1.807) is 12.1 Å². The molecular formula is C10H11ClN2O2. The molecule has 0 bridgehead atoms. The number of nitro groups is 1. The van der Waals surface area contributed by atoms with Gasteiger partial charge in [0.2, 0.25) is 0 Å². The third-order valence-electron chi connectivity index (χ3n) is 2.90. The second-order valence-corrected chi connectivity index (χ2v) is 4.19. The minimum Gasteiger partial charge on any atom is -0.310 e. The highest BCUT2D eigenvalue weighted by atomic mass is 35.5. The number of hydrogen-bond acceptors (Lipinski definition) is 3. The van der Waals surface area contributed by atoms with Crippen molar-refractivity contribution in [2.24, 2.45) is 0 Å². The van der Waals surface area contributed by atoms with E-state index < -0.39 is 0 Å². The van der Waals surface area contributed by atoms with Gasteiger partial charge in [-0.25, -0.2) is 0 Å². The van der Waals surface area contributed by atoms with Gasteiger partial charge in [0.15, 0.2) is 0 Å². The summed E-state index contributed by atoms with van der Waals surface area (Å²) in [7, 11) is 1.82. The molecule has 0 heterocycles. The molecule has 0 spiro atoms. The normalized spacial score (nSPS) is 17.5. The van der Waals surface area contributed by atoms with Crippen LogP contribution < -0.4 is 5.32 Å². The lowest BCUT2D eigenvalue weighted by Gasteiger charge is -2.14. The van der Waals surface area contributed by atoms with E-state index in [1.165, 1.54) is 6.07 Å². The molecule has 4 nitrogen and oxygen atoms in total. The number of halogens is 1. The van der Waals surface area contributed by atoms with Crippen LogP contribution in [0.15, 0.2) is 18.2 Å². The maximum Gasteiger partial charge on any atom is 0.274 e. The Morgan fingerprint density at radius 2 is 2.20 bits per heavy atom. The number of hydrogen-bond donors (Lipinski definition) is 1. The van der Waals surface area contributed by atoms with E-state index in [4.69, 9.17) is 11.6 Å². The number of benzene rings is 1. The van der Waals surface area contributed by atoms with Crippen molar-refractivity contribution < 1.29 is 4.92 Å². The number of rotatable bonds is 3. The molecule has 0 saturated heterocycles. The zero-order valence-corrected chi connectivity index (χ0v) is 9.04. The topological polar surface area (TPSA) is 55.2 Å². The molecule has 0 aromatic heterocycles. The summed E-state index contributed by atoms with van der Waals surface area (Å²) in [6, 6.07) is 4.70. The Morgan fingerprint density at radius 3 is 2.67 bits per heavy atom. The summed E-state index contributed by atoms with van der Waals surface area (Å²) in [6.45, 7) is 0. The fourth-order valence-corrected chi connectivity index (χ4v) is 2.00. The zero-order chi connectivity index (χ0) is 11.1. The minimum atomic E-state index is -0.358. The van der Waals surface area contributed by atoms with Gasteiger partial charge >= 0.3 is 0 Å². The van der Waals surface area contributed by atoms with Crippen LogP contribution in [-0.2, 0) is 5.54 Å². The zero-order valence-electron chi connectivity index (χ0n) is 8.29. The Hall–Kier alpha value is -1.13. The van der Waals surface area contributed by atoms with Crippen molar-refractivity contribution in [3.63, 3.8) is 0 Å². The van der Waals surface area contributed by atoms with Gasteiger partial charge in [-0.05, 0) is 32.0 Å². The third-order valence-corrected chi connectivity index (χ3v) is 3.13. The van der Waals surface area contributed by atoms with Crippen LogP contribution in [-0.4, -0.2) is 12.0 Å². The second kappa shape index (κ2) is 3.47. The molecule has 1 fully saturated rings. The summed E-state index contributed by atoms with van der Waals surface area (Å²) >= 11 is 5.86. The average molecular weight is 227 g/mol. The molecule has 1 aromatic rings. The van der Waals surface area contributed by atoms with Gasteiger partial charge in [0.05, 0.1) is 16.0 Å². The maximum absolute atomic E-state index is 10.9. The summed E-state index contributed by atoms with van der Waals surface area (Å²) in [6.07, 6.45) is 1.84. The lowest BCUT2D eigenvalue weighted by molar-refractivity contribution is -0.385. The van der Waals surface area contributed by atoms with Crippen molar-refractivity contribution in [1.82, 2.24) is 5.32 Å². The van der Waals surface area contributed by atoms with Crippen LogP contribution in [0.4, 0.5) is 5.69 Å². The van der Waals surface area contributed by atoms with Crippen LogP contribution in [0, 0.1) is 10.1 Å². The fourth-order valence-electron chi connectivity index (χ4n) is 1.83. The number of nitrogens with one attached hydrogen (secondary N) is 1. The standard InChI is InChI=1S/C10H11ClN2O2/c1-12-10(4-5-10)8-6-7(11)2-3-9(8)13(14)15/h2-3,6,12H,4-5H2,1H3. The molecule has 0 aliphatic heterocycles. The van der Waals surface area contributed by atoms with Gasteiger partial charge in [0, 0.05) is 11.1 Å². The van der Waals surface area contributed by atoms with Gasteiger partial charge in [-0.2, -0.15) is 0 Å². The molecule has 1 N–H and O–H groups in total. The van der Waals surface area contributed by atoms with Gasteiger partial charge in [0.25, 0.3) is 5.69 Å². The first-order valence-corrected chi connectivity index (χ1v) is 5.10. The largest absolute Gasteiger partial charge is 0.310 e. The Balaban J connectivity index is 2.53. The highest BCUT2D eigenvalue weighted by molar-refractivity contribution is 6.30. The molecule has 1 aromatic carbocycles. The first kappa shape index (κ1) is 10.4. The highest BCUT2D eigenvalue weighted by Crippen LogP contribution is 2.48. The first-order valence-electron chi connectivity index (χ1n) is 4.72. The molecule has 0 radical (unpaired) electrons. The Morgan fingerprint density at radius 1 is 1.53 bits per heavy atom. The quantitative estimate of drug-likeness (QED) is 0.636. The van der Waals surface area contributed by atoms with E-state index in [0.717, 1.165) is 12.8 Å². The smallest absolute Gasteiger partial charge is 0.274 e. The first-order chi connectivity index (χ1) is 7.09. The molecule has 1 aliphatic rings. The fraction of sp³-hybridized carbons (Fsp3) is 0.400. The van der Waals surface area contributed by atoms with Crippen molar-refractivity contribution in [3.8, 4) is 0 Å². The molecule has 5 heteroatoms. The lowest BCUT2D eigenvalue weighted by atomic mass is 10.0. The minimum absolute atomic E-state index is 0.145. The van der Waals surface area contributed by atoms with Crippen LogP contribution in [0.1, 0.15) is 18.4 Å². The molecule has 0 amide bonds. The van der Waals surface area contributed by atoms with Crippen molar-refractivity contribution in [1.29, 1.82) is 0 Å². The van der Waals surface area contributed by atoms with E-state index in [1.807, 2.05) is 7.05 Å². The molecule has 0 atom stereocenters. The summed E-state index contributed by atoms with van der Waals surface area (Å²) in [5.41, 5.74) is 0.613. The van der Waals surface area contributed by atoms with Crippen molar-refractivity contribution >= 4 is 17.3 Å². The summed E-state index contributed by atoms with van der Waals surface area (Å²) in [5.74, 6) is 0. The highest BCUT2D eigenvalue weighted by Gasteiger charge is 2.46. The molecular weight excluding hydrogens is 216 g/mol. The molecule has 15 heavy (non-hydrogen) atoms. The Labute approximate surface area is 92.4 Å². The maximum atomic E-state index is 10.9. The predicted molar refractivity (Wildman–Crippen MR) is 58.1 cm³/mol. The number of nitro benzene ring substituents is 1. The number of nitrogens with zero attached hydrogens (tertiary/aromatic N) is 1. The molecule has 1 aliphatic carbocycles. The molecule has 1 saturated carbocycles. The van der Waals surface area contributed by atoms with Gasteiger partial charge in [-0.15, -0.1) is 0 Å². The molecule has 2 rings (SSSR count). The van der Waals surface area contributed by atoms with Crippen LogP contribution >= 0.6 is 11.6 Å². The van der Waals surface area contributed by atoms with Gasteiger partial charge in [0.1, 0.15) is 0 Å². The third kappa shape index (κ3) is 1.70. The van der Waals surface area contributed by atoms with E-state index in [-0.39, 0.29) is 16.1 Å². The van der Waals surface area contributed by atoms with E-state index >= 15 is 0 Å².